The van der Waals surface area contributed by atoms with E-state index in [1.54, 1.807) is 12.5 Å². The van der Waals surface area contributed by atoms with E-state index in [-0.39, 0.29) is 11.4 Å². The number of amides is 1. The summed E-state index contributed by atoms with van der Waals surface area (Å²) < 4.78 is 11.2. The Kier molecular flexibility index (Phi) is 4.54. The number of carbonyl (C=O) groups is 1. The summed E-state index contributed by atoms with van der Waals surface area (Å²) in [6.07, 6.45) is 6.26. The van der Waals surface area contributed by atoms with E-state index in [1.165, 1.54) is 0 Å². The van der Waals surface area contributed by atoms with Crippen LogP contribution in [0.25, 0.3) is 0 Å². The van der Waals surface area contributed by atoms with Gasteiger partial charge in [-0.2, -0.15) is 0 Å². The molecule has 0 radical (unpaired) electrons. The van der Waals surface area contributed by atoms with Crippen LogP contribution >= 0.6 is 0 Å². The van der Waals surface area contributed by atoms with Crippen molar-refractivity contribution in [3.63, 3.8) is 0 Å². The molecule has 6 heteroatoms. The molecule has 0 bridgehead atoms. The Morgan fingerprint density at radius 1 is 1.42 bits per heavy atom. The molecule has 1 atom stereocenters. The maximum atomic E-state index is 12.5. The van der Waals surface area contributed by atoms with E-state index >= 15 is 0 Å². The molecule has 6 nitrogen and oxygen atoms in total. The van der Waals surface area contributed by atoms with E-state index in [0.717, 1.165) is 43.8 Å². The van der Waals surface area contributed by atoms with E-state index < -0.39 is 0 Å². The summed E-state index contributed by atoms with van der Waals surface area (Å²) in [6.45, 7) is 5.79. The second-order valence-electron chi connectivity index (χ2n) is 7.65. The van der Waals surface area contributed by atoms with Crippen molar-refractivity contribution in [1.82, 2.24) is 14.8 Å². The van der Waals surface area contributed by atoms with E-state index in [0.29, 0.717) is 18.3 Å². The first-order valence-corrected chi connectivity index (χ1v) is 9.09. The molecule has 2 aliphatic rings. The van der Waals surface area contributed by atoms with Crippen LogP contribution in [0, 0.1) is 12.8 Å². The third-order valence-corrected chi connectivity index (χ3v) is 5.67. The van der Waals surface area contributed by atoms with E-state index in [1.807, 2.05) is 36.2 Å². The Morgan fingerprint density at radius 2 is 2.27 bits per heavy atom. The minimum Gasteiger partial charge on any atom is -0.459 e. The number of rotatable bonds is 5. The fourth-order valence-corrected chi connectivity index (χ4v) is 4.19. The lowest BCUT2D eigenvalue weighted by molar-refractivity contribution is -0.00991. The number of likely N-dealkylation sites (N-methyl/N-ethyl adjacent to an activating group) is 1. The number of carbonyl (C=O) groups excluding carboxylic acids is 1. The summed E-state index contributed by atoms with van der Waals surface area (Å²) in [5.41, 5.74) is 2.10. The molecule has 1 amide bonds. The normalized spacial score (nSPS) is 21.9. The Bertz CT molecular complexity index is 768. The van der Waals surface area contributed by atoms with Crippen molar-refractivity contribution < 1.29 is 13.9 Å². The lowest BCUT2D eigenvalue weighted by atomic mass is 9.84. The van der Waals surface area contributed by atoms with Crippen molar-refractivity contribution in [1.29, 1.82) is 0 Å². The molecule has 0 aliphatic carbocycles. The molecule has 4 rings (SSSR count). The third kappa shape index (κ3) is 3.15. The number of aryl methyl sites for hydroxylation is 1. The summed E-state index contributed by atoms with van der Waals surface area (Å²) in [4.78, 5) is 20.9. The second-order valence-corrected chi connectivity index (χ2v) is 7.65. The number of likely N-dealkylation sites (tertiary alicyclic amines) is 2. The third-order valence-electron chi connectivity index (χ3n) is 5.67. The molecule has 2 aliphatic heterocycles. The average Bonchev–Trinajstić information content (AvgIpc) is 3.17. The van der Waals surface area contributed by atoms with Gasteiger partial charge in [-0.3, -0.25) is 14.7 Å². The van der Waals surface area contributed by atoms with Crippen LogP contribution in [0.3, 0.4) is 0 Å². The van der Waals surface area contributed by atoms with Gasteiger partial charge in [0.05, 0.1) is 25.0 Å². The topological polar surface area (TPSA) is 58.8 Å². The Balaban J connectivity index is 1.28. The highest BCUT2D eigenvalue weighted by Gasteiger charge is 2.53. The van der Waals surface area contributed by atoms with Crippen molar-refractivity contribution >= 4 is 5.91 Å². The first kappa shape index (κ1) is 17.2. The van der Waals surface area contributed by atoms with Gasteiger partial charge in [0.1, 0.15) is 0 Å². The average molecular weight is 355 g/mol. The number of furan rings is 1. The standard InChI is InChI=1S/C20H25N3O3/c1-15-5-7-26-18(15)19(24)23-13-20(14-23)8-17(10-22(20)2)12-25-11-16-4-3-6-21-9-16/h3-7,9,17H,8,10-14H2,1-2H3/t17-/m0/s1. The smallest absolute Gasteiger partial charge is 0.289 e. The SMILES string of the molecule is Cc1ccoc1C(=O)N1CC2(C[C@H](COCc3cccnc3)CN2C)C1. The molecule has 2 fully saturated rings. The number of hydrogen-bond acceptors (Lipinski definition) is 5. The molecule has 2 aromatic heterocycles. The highest BCUT2D eigenvalue weighted by atomic mass is 16.5. The van der Waals surface area contributed by atoms with Gasteiger partial charge in [-0.25, -0.2) is 0 Å². The fraction of sp³-hybridized carbons (Fsp3) is 0.500. The van der Waals surface area contributed by atoms with Crippen LogP contribution in [0.1, 0.15) is 28.1 Å². The largest absolute Gasteiger partial charge is 0.459 e. The summed E-state index contributed by atoms with van der Waals surface area (Å²) >= 11 is 0. The summed E-state index contributed by atoms with van der Waals surface area (Å²) in [6, 6.07) is 5.79. The molecular formula is C20H25N3O3. The molecule has 2 aromatic rings. The van der Waals surface area contributed by atoms with Gasteiger partial charge in [0.25, 0.3) is 5.91 Å². The number of pyridine rings is 1. The van der Waals surface area contributed by atoms with Crippen LogP contribution in [-0.4, -0.2) is 59.5 Å². The monoisotopic (exact) mass is 355 g/mol. The zero-order chi connectivity index (χ0) is 18.1. The molecule has 0 saturated carbocycles. The number of nitrogens with zero attached hydrogens (tertiary/aromatic N) is 3. The van der Waals surface area contributed by atoms with Gasteiger partial charge in [-0.05, 0) is 44.0 Å². The predicted molar refractivity (Wildman–Crippen MR) is 96.7 cm³/mol. The van der Waals surface area contributed by atoms with Crippen molar-refractivity contribution in [2.75, 3.05) is 33.3 Å². The van der Waals surface area contributed by atoms with E-state index in [9.17, 15) is 4.79 Å². The van der Waals surface area contributed by atoms with Gasteiger partial charge < -0.3 is 14.1 Å². The van der Waals surface area contributed by atoms with E-state index in [4.69, 9.17) is 9.15 Å². The molecule has 0 unspecified atom stereocenters. The van der Waals surface area contributed by atoms with Gasteiger partial charge in [0.2, 0.25) is 0 Å². The Morgan fingerprint density at radius 3 is 2.96 bits per heavy atom. The molecule has 138 valence electrons. The Labute approximate surface area is 153 Å². The van der Waals surface area contributed by atoms with Gasteiger partial charge in [0.15, 0.2) is 5.76 Å². The number of aromatic nitrogens is 1. The summed E-state index contributed by atoms with van der Waals surface area (Å²) in [5, 5.41) is 0. The quantitative estimate of drug-likeness (QED) is 0.824. The number of hydrogen-bond donors (Lipinski definition) is 0. The zero-order valence-electron chi connectivity index (χ0n) is 15.4. The van der Waals surface area contributed by atoms with Crippen LogP contribution in [0.5, 0.6) is 0 Å². The minimum absolute atomic E-state index is 0.00260. The molecule has 2 saturated heterocycles. The van der Waals surface area contributed by atoms with Crippen molar-refractivity contribution in [3.05, 3.63) is 53.7 Å². The molecular weight excluding hydrogens is 330 g/mol. The van der Waals surface area contributed by atoms with Crippen LogP contribution in [0.15, 0.2) is 41.3 Å². The van der Waals surface area contributed by atoms with Crippen molar-refractivity contribution in [3.8, 4) is 0 Å². The Hall–Kier alpha value is -2.18. The fourth-order valence-electron chi connectivity index (χ4n) is 4.19. The van der Waals surface area contributed by atoms with Crippen molar-refractivity contribution in [2.24, 2.45) is 5.92 Å². The van der Waals surface area contributed by atoms with Gasteiger partial charge in [0, 0.05) is 37.6 Å². The van der Waals surface area contributed by atoms with Crippen LogP contribution in [-0.2, 0) is 11.3 Å². The van der Waals surface area contributed by atoms with Gasteiger partial charge in [-0.1, -0.05) is 6.07 Å². The number of ether oxygens (including phenoxy) is 1. The van der Waals surface area contributed by atoms with Crippen LogP contribution in [0.2, 0.25) is 0 Å². The second kappa shape index (κ2) is 6.85. The molecule has 0 N–H and O–H groups in total. The van der Waals surface area contributed by atoms with Crippen LogP contribution < -0.4 is 0 Å². The summed E-state index contributed by atoms with van der Waals surface area (Å²) in [5.74, 6) is 0.971. The highest BCUT2D eigenvalue weighted by molar-refractivity contribution is 5.93. The highest BCUT2D eigenvalue weighted by Crippen LogP contribution is 2.40. The lowest BCUT2D eigenvalue weighted by Crippen LogP contribution is -2.68. The predicted octanol–water partition coefficient (Wildman–Crippen LogP) is 2.35. The lowest BCUT2D eigenvalue weighted by Gasteiger charge is -2.51. The summed E-state index contributed by atoms with van der Waals surface area (Å²) in [7, 11) is 2.15. The van der Waals surface area contributed by atoms with E-state index in [2.05, 4.69) is 16.9 Å². The zero-order valence-corrected chi connectivity index (χ0v) is 15.4. The molecule has 4 heterocycles. The molecule has 0 aromatic carbocycles. The first-order chi connectivity index (χ1) is 12.6. The molecule has 1 spiro atoms. The first-order valence-electron chi connectivity index (χ1n) is 9.09. The van der Waals surface area contributed by atoms with Gasteiger partial charge in [-0.15, -0.1) is 0 Å². The van der Waals surface area contributed by atoms with Gasteiger partial charge >= 0.3 is 0 Å². The molecule has 26 heavy (non-hydrogen) atoms. The maximum Gasteiger partial charge on any atom is 0.289 e. The maximum absolute atomic E-state index is 12.5. The van der Waals surface area contributed by atoms with Crippen LogP contribution in [0.4, 0.5) is 0 Å². The van der Waals surface area contributed by atoms with Crippen molar-refractivity contribution in [2.45, 2.75) is 25.5 Å². The minimum atomic E-state index is 0.00260.